The van der Waals surface area contributed by atoms with Gasteiger partial charge in [0.25, 0.3) is 0 Å². The SMILES string of the molecule is COc1cc(C(C)CCC(C)C2CCN(c3ccc(C(C)C)c(OC)n3)CC2)cnc1N1CCC(C(C)C)CC1. The Bertz CT molecular complexity index is 1070. The van der Waals surface area contributed by atoms with Crippen LogP contribution < -0.4 is 19.3 Å². The summed E-state index contributed by atoms with van der Waals surface area (Å²) in [6.45, 7) is 18.2. The second kappa shape index (κ2) is 13.9. The lowest BCUT2D eigenvalue weighted by Gasteiger charge is -2.36. The molecule has 2 saturated heterocycles. The fourth-order valence-corrected chi connectivity index (χ4v) is 6.72. The number of hydrogen-bond acceptors (Lipinski definition) is 6. The van der Waals surface area contributed by atoms with Crippen LogP contribution in [-0.2, 0) is 0 Å². The van der Waals surface area contributed by atoms with E-state index >= 15 is 0 Å². The first kappa shape index (κ1) is 30.5. The zero-order valence-electron chi connectivity index (χ0n) is 26.4. The zero-order valence-corrected chi connectivity index (χ0v) is 26.4. The molecule has 2 aromatic rings. The normalized spacial score (nSPS) is 18.9. The van der Waals surface area contributed by atoms with Crippen molar-refractivity contribution in [2.75, 3.05) is 50.2 Å². The second-order valence-electron chi connectivity index (χ2n) is 13.1. The molecule has 6 nitrogen and oxygen atoms in total. The number of piperidine rings is 2. The highest BCUT2D eigenvalue weighted by molar-refractivity contribution is 5.54. The molecule has 2 atom stereocenters. The van der Waals surface area contributed by atoms with Crippen LogP contribution in [0.3, 0.4) is 0 Å². The van der Waals surface area contributed by atoms with Crippen molar-refractivity contribution < 1.29 is 9.47 Å². The highest BCUT2D eigenvalue weighted by atomic mass is 16.5. The molecule has 40 heavy (non-hydrogen) atoms. The predicted molar refractivity (Wildman–Crippen MR) is 167 cm³/mol. The van der Waals surface area contributed by atoms with Gasteiger partial charge in [0.05, 0.1) is 14.2 Å². The van der Waals surface area contributed by atoms with E-state index in [4.69, 9.17) is 19.4 Å². The third kappa shape index (κ3) is 7.22. The van der Waals surface area contributed by atoms with Crippen LogP contribution in [0.25, 0.3) is 0 Å². The van der Waals surface area contributed by atoms with E-state index in [1.807, 2.05) is 0 Å². The van der Waals surface area contributed by atoms with Crippen molar-refractivity contribution in [3.8, 4) is 11.6 Å². The third-order valence-electron chi connectivity index (χ3n) is 9.84. The van der Waals surface area contributed by atoms with Crippen molar-refractivity contribution in [1.82, 2.24) is 9.97 Å². The molecule has 2 unspecified atom stereocenters. The van der Waals surface area contributed by atoms with Gasteiger partial charge in [0.15, 0.2) is 11.6 Å². The maximum Gasteiger partial charge on any atom is 0.218 e. The van der Waals surface area contributed by atoms with Crippen molar-refractivity contribution >= 4 is 11.6 Å². The topological polar surface area (TPSA) is 50.7 Å². The average molecular weight is 551 g/mol. The van der Waals surface area contributed by atoms with E-state index < -0.39 is 0 Å². The lowest BCUT2D eigenvalue weighted by atomic mass is 9.81. The molecule has 222 valence electrons. The molecule has 0 radical (unpaired) electrons. The molecule has 0 bridgehead atoms. The second-order valence-corrected chi connectivity index (χ2v) is 13.1. The number of anilines is 2. The van der Waals surface area contributed by atoms with E-state index in [1.54, 1.807) is 14.2 Å². The van der Waals surface area contributed by atoms with Crippen molar-refractivity contribution in [3.05, 3.63) is 35.5 Å². The van der Waals surface area contributed by atoms with Gasteiger partial charge in [0.2, 0.25) is 5.88 Å². The first-order valence-electron chi connectivity index (χ1n) is 15.8. The summed E-state index contributed by atoms with van der Waals surface area (Å²) in [5.41, 5.74) is 2.47. The first-order valence-corrected chi connectivity index (χ1v) is 15.8. The maximum atomic E-state index is 5.84. The van der Waals surface area contributed by atoms with Gasteiger partial charge in [-0.1, -0.05) is 41.5 Å². The predicted octanol–water partition coefficient (Wildman–Crippen LogP) is 7.93. The third-order valence-corrected chi connectivity index (χ3v) is 9.84. The first-order chi connectivity index (χ1) is 19.2. The zero-order chi connectivity index (χ0) is 28.8. The Labute approximate surface area is 243 Å². The van der Waals surface area contributed by atoms with Crippen molar-refractivity contribution in [3.63, 3.8) is 0 Å². The van der Waals surface area contributed by atoms with E-state index in [9.17, 15) is 0 Å². The Balaban J connectivity index is 1.28. The van der Waals surface area contributed by atoms with Crippen LogP contribution in [0, 0.1) is 23.7 Å². The van der Waals surface area contributed by atoms with Crippen LogP contribution in [-0.4, -0.2) is 50.4 Å². The Kier molecular flexibility index (Phi) is 10.6. The largest absolute Gasteiger partial charge is 0.493 e. The van der Waals surface area contributed by atoms with E-state index in [0.717, 1.165) is 67.2 Å². The van der Waals surface area contributed by atoms with Crippen molar-refractivity contribution in [2.24, 2.45) is 23.7 Å². The van der Waals surface area contributed by atoms with Crippen LogP contribution in [0.15, 0.2) is 24.4 Å². The van der Waals surface area contributed by atoms with Crippen LogP contribution in [0.2, 0.25) is 0 Å². The van der Waals surface area contributed by atoms with E-state index in [0.29, 0.717) is 17.8 Å². The summed E-state index contributed by atoms with van der Waals surface area (Å²) in [6, 6.07) is 6.61. The number of rotatable bonds is 11. The van der Waals surface area contributed by atoms with Crippen molar-refractivity contribution in [2.45, 2.75) is 91.9 Å². The standard InChI is InChI=1S/C34H54N4O2/c1-23(2)27-13-19-38(20-14-27)33-31(39-7)21-29(22-35-33)26(6)10-9-25(5)28-15-17-37(18-16-28)32-12-11-30(24(3)4)34(36-32)40-8/h11-12,21-28H,9-10,13-20H2,1-8H3. The molecule has 0 N–H and O–H groups in total. The lowest BCUT2D eigenvalue weighted by molar-refractivity contribution is 0.270. The Hall–Kier alpha value is -2.50. The fraction of sp³-hybridized carbons (Fsp3) is 0.706. The van der Waals surface area contributed by atoms with Crippen LogP contribution >= 0.6 is 0 Å². The molecule has 2 fully saturated rings. The summed E-state index contributed by atoms with van der Waals surface area (Å²) in [5.74, 6) is 7.72. The molecule has 2 aliphatic heterocycles. The number of methoxy groups -OCH3 is 2. The minimum absolute atomic E-state index is 0.410. The Morgan fingerprint density at radius 1 is 0.825 bits per heavy atom. The number of pyridine rings is 2. The fourth-order valence-electron chi connectivity index (χ4n) is 6.72. The van der Waals surface area contributed by atoms with E-state index in [1.165, 1.54) is 49.7 Å². The molecule has 6 heteroatoms. The highest BCUT2D eigenvalue weighted by Gasteiger charge is 2.27. The molecule has 0 amide bonds. The van der Waals surface area contributed by atoms with E-state index in [2.05, 4.69) is 75.7 Å². The van der Waals surface area contributed by atoms with Crippen LogP contribution in [0.1, 0.15) is 103 Å². The molecule has 2 aliphatic rings. The minimum Gasteiger partial charge on any atom is -0.493 e. The molecular weight excluding hydrogens is 496 g/mol. The Morgan fingerprint density at radius 2 is 1.48 bits per heavy atom. The number of ether oxygens (including phenoxy) is 2. The van der Waals surface area contributed by atoms with E-state index in [-0.39, 0.29) is 0 Å². The van der Waals surface area contributed by atoms with Gasteiger partial charge in [-0.2, -0.15) is 4.98 Å². The lowest BCUT2D eigenvalue weighted by Crippen LogP contribution is -2.36. The van der Waals surface area contributed by atoms with Gasteiger partial charge in [-0.15, -0.1) is 0 Å². The van der Waals surface area contributed by atoms with Crippen LogP contribution in [0.4, 0.5) is 11.6 Å². The number of aromatic nitrogens is 2. The summed E-state index contributed by atoms with van der Waals surface area (Å²) in [6.07, 6.45) is 9.46. The monoisotopic (exact) mass is 550 g/mol. The summed E-state index contributed by atoms with van der Waals surface area (Å²) in [4.78, 5) is 14.6. The smallest absolute Gasteiger partial charge is 0.218 e. The summed E-state index contributed by atoms with van der Waals surface area (Å²) < 4.78 is 11.4. The van der Waals surface area contributed by atoms with Gasteiger partial charge in [-0.05, 0) is 97.8 Å². The summed E-state index contributed by atoms with van der Waals surface area (Å²) in [7, 11) is 3.51. The molecule has 2 aromatic heterocycles. The molecule has 0 aliphatic carbocycles. The quantitative estimate of drug-likeness (QED) is 0.283. The molecule has 0 aromatic carbocycles. The average Bonchev–Trinajstić information content (AvgIpc) is 2.99. The molecular formula is C34H54N4O2. The molecule has 4 heterocycles. The highest BCUT2D eigenvalue weighted by Crippen LogP contribution is 2.37. The van der Waals surface area contributed by atoms with Gasteiger partial charge in [-0.25, -0.2) is 4.98 Å². The molecule has 0 saturated carbocycles. The van der Waals surface area contributed by atoms with Crippen LogP contribution in [0.5, 0.6) is 11.6 Å². The van der Waals surface area contributed by atoms with Gasteiger partial charge in [0, 0.05) is 37.9 Å². The summed E-state index contributed by atoms with van der Waals surface area (Å²) in [5, 5.41) is 0. The minimum atomic E-state index is 0.410. The summed E-state index contributed by atoms with van der Waals surface area (Å²) >= 11 is 0. The van der Waals surface area contributed by atoms with Gasteiger partial charge >= 0.3 is 0 Å². The van der Waals surface area contributed by atoms with Gasteiger partial charge in [-0.3, -0.25) is 0 Å². The van der Waals surface area contributed by atoms with Gasteiger partial charge < -0.3 is 19.3 Å². The molecule has 0 spiro atoms. The Morgan fingerprint density at radius 3 is 2.08 bits per heavy atom. The maximum absolute atomic E-state index is 5.84. The van der Waals surface area contributed by atoms with Gasteiger partial charge in [0.1, 0.15) is 5.82 Å². The number of nitrogens with zero attached hydrogens (tertiary/aromatic N) is 4. The number of hydrogen-bond donors (Lipinski definition) is 0. The molecule has 4 rings (SSSR count). The van der Waals surface area contributed by atoms with Crippen molar-refractivity contribution in [1.29, 1.82) is 0 Å².